The van der Waals surface area contributed by atoms with Crippen LogP contribution in [0.4, 0.5) is 0 Å². The van der Waals surface area contributed by atoms with Crippen LogP contribution in [0.3, 0.4) is 0 Å². The first-order valence-corrected chi connectivity index (χ1v) is 6.20. The Morgan fingerprint density at radius 1 is 1.43 bits per heavy atom. The van der Waals surface area contributed by atoms with Gasteiger partial charge in [-0.1, -0.05) is 0 Å². The Labute approximate surface area is 95.8 Å². The summed E-state index contributed by atoms with van der Waals surface area (Å²) in [5, 5.41) is 3.45. The van der Waals surface area contributed by atoms with Crippen LogP contribution < -0.4 is 4.74 Å². The van der Waals surface area contributed by atoms with E-state index in [2.05, 4.69) is 34.3 Å². The quantitative estimate of drug-likeness (QED) is 0.788. The van der Waals surface area contributed by atoms with Gasteiger partial charge in [0, 0.05) is 10.1 Å². The summed E-state index contributed by atoms with van der Waals surface area (Å²) >= 11 is 5.36. The molecule has 3 heteroatoms. The predicted octanol–water partition coefficient (Wildman–Crippen LogP) is 4.37. The van der Waals surface area contributed by atoms with Crippen LogP contribution in [0.5, 0.6) is 5.75 Å². The van der Waals surface area contributed by atoms with Gasteiger partial charge in [-0.3, -0.25) is 0 Å². The Morgan fingerprint density at radius 3 is 2.93 bits per heavy atom. The van der Waals surface area contributed by atoms with Crippen molar-refractivity contribution in [3.8, 4) is 5.75 Å². The summed E-state index contributed by atoms with van der Waals surface area (Å²) in [7, 11) is 0. The van der Waals surface area contributed by atoms with Crippen LogP contribution in [0.25, 0.3) is 10.1 Å². The fourth-order valence-electron chi connectivity index (χ4n) is 1.48. The minimum absolute atomic E-state index is 0.702. The Bertz CT molecular complexity index is 462. The molecule has 1 heterocycles. The molecule has 0 bridgehead atoms. The van der Waals surface area contributed by atoms with Crippen molar-refractivity contribution in [3.63, 3.8) is 0 Å². The van der Waals surface area contributed by atoms with Crippen LogP contribution in [-0.2, 0) is 0 Å². The lowest BCUT2D eigenvalue weighted by molar-refractivity contribution is 0.338. The molecular formula is C11H11BrOS. The van der Waals surface area contributed by atoms with Gasteiger partial charge in [0.15, 0.2) is 0 Å². The first kappa shape index (κ1) is 9.99. The lowest BCUT2D eigenvalue weighted by Gasteiger charge is -2.06. The molecule has 1 nitrogen and oxygen atoms in total. The van der Waals surface area contributed by atoms with Crippen molar-refractivity contribution in [2.24, 2.45) is 0 Å². The highest BCUT2D eigenvalue weighted by Gasteiger charge is 2.09. The van der Waals surface area contributed by atoms with E-state index in [0.717, 1.165) is 10.2 Å². The molecule has 0 saturated heterocycles. The maximum absolute atomic E-state index is 5.53. The van der Waals surface area contributed by atoms with E-state index in [-0.39, 0.29) is 0 Å². The Morgan fingerprint density at radius 2 is 2.21 bits per heavy atom. The molecule has 0 saturated carbocycles. The number of rotatable bonds is 2. The molecule has 0 amide bonds. The maximum atomic E-state index is 5.53. The van der Waals surface area contributed by atoms with Crippen LogP contribution in [0.15, 0.2) is 22.0 Å². The molecule has 14 heavy (non-hydrogen) atoms. The SMILES string of the molecule is CCOc1ccc2scc(C)c2c1Br. The summed E-state index contributed by atoms with van der Waals surface area (Å²) in [6.07, 6.45) is 0. The zero-order valence-corrected chi connectivity index (χ0v) is 10.5. The van der Waals surface area contributed by atoms with Gasteiger partial charge in [-0.2, -0.15) is 0 Å². The predicted molar refractivity (Wildman–Crippen MR) is 65.4 cm³/mol. The van der Waals surface area contributed by atoms with Gasteiger partial charge in [0.2, 0.25) is 0 Å². The van der Waals surface area contributed by atoms with Gasteiger partial charge in [-0.25, -0.2) is 0 Å². The van der Waals surface area contributed by atoms with Crippen molar-refractivity contribution in [3.05, 3.63) is 27.5 Å². The molecule has 0 fully saturated rings. The number of hydrogen-bond acceptors (Lipinski definition) is 2. The van der Waals surface area contributed by atoms with E-state index >= 15 is 0 Å². The molecule has 0 radical (unpaired) electrons. The van der Waals surface area contributed by atoms with E-state index < -0.39 is 0 Å². The van der Waals surface area contributed by atoms with E-state index in [1.165, 1.54) is 15.6 Å². The van der Waals surface area contributed by atoms with Gasteiger partial charge < -0.3 is 4.74 Å². The van der Waals surface area contributed by atoms with Crippen molar-refractivity contribution in [1.82, 2.24) is 0 Å². The largest absolute Gasteiger partial charge is 0.493 e. The van der Waals surface area contributed by atoms with Crippen molar-refractivity contribution < 1.29 is 4.74 Å². The number of hydrogen-bond donors (Lipinski definition) is 0. The number of aryl methyl sites for hydroxylation is 1. The van der Waals surface area contributed by atoms with Gasteiger partial charge in [0.1, 0.15) is 5.75 Å². The first-order chi connectivity index (χ1) is 6.74. The molecule has 0 N–H and O–H groups in total. The molecule has 1 aromatic carbocycles. The average Bonchev–Trinajstić information content (AvgIpc) is 2.54. The van der Waals surface area contributed by atoms with Gasteiger partial charge in [0.25, 0.3) is 0 Å². The fraction of sp³-hybridized carbons (Fsp3) is 0.273. The van der Waals surface area contributed by atoms with Gasteiger partial charge in [-0.15, -0.1) is 11.3 Å². The molecule has 74 valence electrons. The third kappa shape index (κ3) is 1.55. The Kier molecular flexibility index (Phi) is 2.79. The van der Waals surface area contributed by atoms with Crippen LogP contribution in [0.2, 0.25) is 0 Å². The summed E-state index contributed by atoms with van der Waals surface area (Å²) in [5.41, 5.74) is 1.30. The number of halogens is 1. The van der Waals surface area contributed by atoms with E-state index in [4.69, 9.17) is 4.74 Å². The molecule has 0 aliphatic carbocycles. The molecular weight excluding hydrogens is 260 g/mol. The van der Waals surface area contributed by atoms with Crippen molar-refractivity contribution >= 4 is 37.4 Å². The molecule has 2 rings (SSSR count). The molecule has 2 aromatic rings. The maximum Gasteiger partial charge on any atom is 0.134 e. The van der Waals surface area contributed by atoms with Gasteiger partial charge in [-0.05, 0) is 52.9 Å². The van der Waals surface area contributed by atoms with Crippen molar-refractivity contribution in [1.29, 1.82) is 0 Å². The first-order valence-electron chi connectivity index (χ1n) is 4.53. The second kappa shape index (κ2) is 3.91. The van der Waals surface area contributed by atoms with E-state index in [9.17, 15) is 0 Å². The van der Waals surface area contributed by atoms with Crippen LogP contribution in [0.1, 0.15) is 12.5 Å². The summed E-state index contributed by atoms with van der Waals surface area (Å²) in [4.78, 5) is 0. The van der Waals surface area contributed by atoms with E-state index in [0.29, 0.717) is 6.61 Å². The number of benzene rings is 1. The Hall–Kier alpha value is -0.540. The summed E-state index contributed by atoms with van der Waals surface area (Å²) < 4.78 is 7.91. The van der Waals surface area contributed by atoms with Gasteiger partial charge in [0.05, 0.1) is 11.1 Å². The highest BCUT2D eigenvalue weighted by atomic mass is 79.9. The second-order valence-electron chi connectivity index (χ2n) is 3.10. The summed E-state index contributed by atoms with van der Waals surface area (Å²) in [6, 6.07) is 4.13. The normalized spacial score (nSPS) is 10.8. The monoisotopic (exact) mass is 270 g/mol. The van der Waals surface area contributed by atoms with E-state index in [1.54, 1.807) is 11.3 Å². The lowest BCUT2D eigenvalue weighted by Crippen LogP contribution is -1.92. The van der Waals surface area contributed by atoms with Gasteiger partial charge >= 0.3 is 0 Å². The highest BCUT2D eigenvalue weighted by Crippen LogP contribution is 2.38. The standard InChI is InChI=1S/C11H11BrOS/c1-3-13-8-4-5-9-10(11(8)12)7(2)6-14-9/h4-6H,3H2,1-2H3. The average molecular weight is 271 g/mol. The van der Waals surface area contributed by atoms with E-state index in [1.807, 2.05) is 13.0 Å². The molecule has 0 aliphatic heterocycles. The third-order valence-corrected chi connectivity index (χ3v) is 3.98. The minimum atomic E-state index is 0.702. The number of fused-ring (bicyclic) bond motifs is 1. The molecule has 1 aromatic heterocycles. The smallest absolute Gasteiger partial charge is 0.134 e. The van der Waals surface area contributed by atoms with Crippen LogP contribution in [-0.4, -0.2) is 6.61 Å². The topological polar surface area (TPSA) is 9.23 Å². The second-order valence-corrected chi connectivity index (χ2v) is 4.81. The fourth-order valence-corrected chi connectivity index (χ4v) is 3.34. The zero-order chi connectivity index (χ0) is 10.1. The molecule has 0 aliphatic rings. The lowest BCUT2D eigenvalue weighted by atomic mass is 10.2. The minimum Gasteiger partial charge on any atom is -0.493 e. The number of ether oxygens (including phenoxy) is 1. The van der Waals surface area contributed by atoms with Crippen molar-refractivity contribution in [2.45, 2.75) is 13.8 Å². The van der Waals surface area contributed by atoms with Crippen molar-refractivity contribution in [2.75, 3.05) is 6.61 Å². The highest BCUT2D eigenvalue weighted by molar-refractivity contribution is 9.10. The number of thiophene rings is 1. The summed E-state index contributed by atoms with van der Waals surface area (Å²) in [5.74, 6) is 0.932. The third-order valence-electron chi connectivity index (χ3n) is 2.13. The van der Waals surface area contributed by atoms with Crippen LogP contribution >= 0.6 is 27.3 Å². The van der Waals surface area contributed by atoms with Crippen LogP contribution in [0, 0.1) is 6.92 Å². The molecule has 0 unspecified atom stereocenters. The summed E-state index contributed by atoms with van der Waals surface area (Å²) in [6.45, 7) is 4.82. The molecule has 0 spiro atoms. The Balaban J connectivity index is 2.66. The molecule has 0 atom stereocenters. The zero-order valence-electron chi connectivity index (χ0n) is 8.13.